The van der Waals surface area contributed by atoms with Gasteiger partial charge in [0, 0.05) is 23.5 Å². The minimum atomic E-state index is -0.612. The molecule has 1 unspecified atom stereocenters. The summed E-state index contributed by atoms with van der Waals surface area (Å²) in [7, 11) is 0. The van der Waals surface area contributed by atoms with E-state index >= 15 is 0 Å². The molecule has 2 heterocycles. The van der Waals surface area contributed by atoms with Gasteiger partial charge < -0.3 is 5.32 Å². The minimum Gasteiger partial charge on any atom is -0.335 e. The summed E-state index contributed by atoms with van der Waals surface area (Å²) in [5, 5.41) is 7.38. The van der Waals surface area contributed by atoms with Crippen molar-refractivity contribution in [1.82, 2.24) is 20.2 Å². The van der Waals surface area contributed by atoms with Crippen molar-refractivity contribution in [2.45, 2.75) is 42.8 Å². The van der Waals surface area contributed by atoms with Crippen LogP contribution in [-0.2, 0) is 11.3 Å². The van der Waals surface area contributed by atoms with Gasteiger partial charge in [0.15, 0.2) is 5.16 Å². The molecule has 2 N–H and O–H groups in total. The summed E-state index contributed by atoms with van der Waals surface area (Å²) in [5.74, 6) is -0.432. The molecular formula is C22H22N4O3S2. The van der Waals surface area contributed by atoms with Crippen LogP contribution in [-0.4, -0.2) is 32.8 Å². The van der Waals surface area contributed by atoms with Gasteiger partial charge in [-0.15, -0.1) is 17.9 Å². The van der Waals surface area contributed by atoms with Crippen molar-refractivity contribution in [2.75, 3.05) is 0 Å². The van der Waals surface area contributed by atoms with E-state index in [1.165, 1.54) is 15.9 Å². The third kappa shape index (κ3) is 4.72. The highest BCUT2D eigenvalue weighted by Gasteiger charge is 2.26. The van der Waals surface area contributed by atoms with Crippen LogP contribution in [0, 0.1) is 0 Å². The number of hydrogen-bond donors (Lipinski definition) is 2. The van der Waals surface area contributed by atoms with Gasteiger partial charge in [0.1, 0.15) is 4.83 Å². The number of rotatable bonds is 7. The van der Waals surface area contributed by atoms with E-state index in [0.29, 0.717) is 15.4 Å². The van der Waals surface area contributed by atoms with Gasteiger partial charge in [-0.3, -0.25) is 19.5 Å². The Labute approximate surface area is 187 Å². The molecule has 3 aromatic rings. The number of imide groups is 1. The number of amides is 3. The summed E-state index contributed by atoms with van der Waals surface area (Å²) in [6, 6.07) is 9.38. The first-order valence-corrected chi connectivity index (χ1v) is 11.7. The fraction of sp³-hybridized carbons (Fsp3) is 0.273. The van der Waals surface area contributed by atoms with Gasteiger partial charge in [0.25, 0.3) is 5.56 Å². The molecule has 3 amide bonds. The number of nitrogens with zero attached hydrogens (tertiary/aromatic N) is 2. The molecule has 0 saturated heterocycles. The lowest BCUT2D eigenvalue weighted by Crippen LogP contribution is -2.43. The zero-order valence-electron chi connectivity index (χ0n) is 17.0. The van der Waals surface area contributed by atoms with E-state index in [1.54, 1.807) is 13.0 Å². The monoisotopic (exact) mass is 454 g/mol. The zero-order valence-corrected chi connectivity index (χ0v) is 18.6. The van der Waals surface area contributed by atoms with E-state index in [-0.39, 0.29) is 18.1 Å². The molecule has 1 saturated carbocycles. The Hall–Kier alpha value is -2.91. The molecule has 7 nitrogen and oxygen atoms in total. The van der Waals surface area contributed by atoms with Crippen LogP contribution >= 0.6 is 23.1 Å². The number of hydrogen-bond acceptors (Lipinski definition) is 6. The molecule has 1 fully saturated rings. The number of urea groups is 1. The maximum Gasteiger partial charge on any atom is 0.321 e. The molecule has 0 bridgehead atoms. The third-order valence-electron chi connectivity index (χ3n) is 4.86. The summed E-state index contributed by atoms with van der Waals surface area (Å²) in [6.45, 7) is 5.70. The van der Waals surface area contributed by atoms with Crippen molar-refractivity contribution in [3.05, 3.63) is 58.7 Å². The fourth-order valence-electron chi connectivity index (χ4n) is 3.09. The highest BCUT2D eigenvalue weighted by Crippen LogP contribution is 2.32. The maximum absolute atomic E-state index is 13.4. The van der Waals surface area contributed by atoms with E-state index < -0.39 is 17.2 Å². The normalized spacial score (nSPS) is 14.2. The summed E-state index contributed by atoms with van der Waals surface area (Å²) in [4.78, 5) is 43.0. The van der Waals surface area contributed by atoms with E-state index in [0.717, 1.165) is 35.7 Å². The number of aromatic nitrogens is 2. The van der Waals surface area contributed by atoms with Crippen LogP contribution in [0.15, 0.2) is 58.3 Å². The molecule has 0 radical (unpaired) electrons. The molecule has 0 aliphatic heterocycles. The molecule has 1 aromatic carbocycles. The van der Waals surface area contributed by atoms with E-state index in [2.05, 4.69) is 22.2 Å². The molecule has 31 heavy (non-hydrogen) atoms. The molecule has 1 aliphatic rings. The van der Waals surface area contributed by atoms with Crippen LogP contribution < -0.4 is 16.2 Å². The number of benzene rings is 1. The van der Waals surface area contributed by atoms with Crippen LogP contribution in [0.1, 0.15) is 19.8 Å². The van der Waals surface area contributed by atoms with Crippen LogP contribution in [0.2, 0.25) is 0 Å². The maximum atomic E-state index is 13.4. The van der Waals surface area contributed by atoms with Crippen molar-refractivity contribution in [1.29, 1.82) is 0 Å². The molecule has 1 aliphatic carbocycles. The summed E-state index contributed by atoms with van der Waals surface area (Å²) in [6.07, 6.45) is 3.51. The molecule has 4 rings (SSSR count). The van der Waals surface area contributed by atoms with Gasteiger partial charge >= 0.3 is 6.03 Å². The Morgan fingerprint density at radius 2 is 2.10 bits per heavy atom. The van der Waals surface area contributed by atoms with E-state index in [4.69, 9.17) is 0 Å². The van der Waals surface area contributed by atoms with Crippen molar-refractivity contribution in [3.8, 4) is 11.1 Å². The first-order valence-electron chi connectivity index (χ1n) is 9.94. The predicted octanol–water partition coefficient (Wildman–Crippen LogP) is 3.78. The first kappa shape index (κ1) is 21.3. The van der Waals surface area contributed by atoms with Crippen molar-refractivity contribution >= 4 is 45.3 Å². The summed E-state index contributed by atoms with van der Waals surface area (Å²) in [5.41, 5.74) is 1.62. The predicted molar refractivity (Wildman–Crippen MR) is 125 cm³/mol. The van der Waals surface area contributed by atoms with Crippen LogP contribution in [0.4, 0.5) is 4.79 Å². The molecule has 0 spiro atoms. The second-order valence-electron chi connectivity index (χ2n) is 7.29. The minimum absolute atomic E-state index is 0.162. The lowest BCUT2D eigenvalue weighted by Gasteiger charge is -2.15. The fourth-order valence-corrected chi connectivity index (χ4v) is 5.00. The molecule has 160 valence electrons. The standard InChI is InChI=1S/C22H22N4O3S2/c1-3-11-26-20(28)17-16(14-7-5-4-6-8-14)12-30-19(17)25-22(26)31-13(2)18(27)24-21(29)23-15-9-10-15/h3-8,12-13,15H,1,9-11H2,2H3,(H2,23,24,27,29). The van der Waals surface area contributed by atoms with Gasteiger partial charge in [-0.2, -0.15) is 0 Å². The second-order valence-corrected chi connectivity index (χ2v) is 9.46. The topological polar surface area (TPSA) is 93.1 Å². The Bertz CT molecular complexity index is 1200. The number of fused-ring (bicyclic) bond motifs is 1. The van der Waals surface area contributed by atoms with Crippen LogP contribution in [0.5, 0.6) is 0 Å². The quantitative estimate of drug-likeness (QED) is 0.322. The molecule has 2 aromatic heterocycles. The lowest BCUT2D eigenvalue weighted by molar-refractivity contribution is -0.119. The van der Waals surface area contributed by atoms with Gasteiger partial charge in [-0.05, 0) is 25.3 Å². The van der Waals surface area contributed by atoms with Crippen molar-refractivity contribution in [3.63, 3.8) is 0 Å². The largest absolute Gasteiger partial charge is 0.335 e. The Kier molecular flexibility index (Phi) is 6.24. The average molecular weight is 455 g/mol. The van der Waals surface area contributed by atoms with Gasteiger partial charge in [0.2, 0.25) is 5.91 Å². The summed E-state index contributed by atoms with van der Waals surface area (Å²) >= 11 is 2.54. The number of allylic oxidation sites excluding steroid dienone is 1. The molecular weight excluding hydrogens is 432 g/mol. The Morgan fingerprint density at radius 1 is 1.35 bits per heavy atom. The average Bonchev–Trinajstić information content (AvgIpc) is 3.46. The number of thiophene rings is 1. The van der Waals surface area contributed by atoms with Gasteiger partial charge in [-0.25, -0.2) is 9.78 Å². The Balaban J connectivity index is 1.63. The Morgan fingerprint density at radius 3 is 2.77 bits per heavy atom. The zero-order chi connectivity index (χ0) is 22.0. The highest BCUT2D eigenvalue weighted by molar-refractivity contribution is 8.00. The number of carbonyl (C=O) groups is 2. The van der Waals surface area contributed by atoms with Crippen molar-refractivity contribution in [2.24, 2.45) is 0 Å². The summed E-state index contributed by atoms with van der Waals surface area (Å²) < 4.78 is 1.52. The number of thioether (sulfide) groups is 1. The first-order chi connectivity index (χ1) is 15.0. The lowest BCUT2D eigenvalue weighted by atomic mass is 10.1. The third-order valence-corrected chi connectivity index (χ3v) is 6.82. The SMILES string of the molecule is C=CCn1c(SC(C)C(=O)NC(=O)NC2CC2)nc2scc(-c3ccccc3)c2c1=O. The van der Waals surface area contributed by atoms with Crippen LogP contribution in [0.3, 0.4) is 0 Å². The number of carbonyl (C=O) groups excluding carboxylic acids is 2. The van der Waals surface area contributed by atoms with Crippen molar-refractivity contribution < 1.29 is 9.59 Å². The second kappa shape index (κ2) is 9.07. The van der Waals surface area contributed by atoms with Gasteiger partial charge in [-0.1, -0.05) is 48.2 Å². The number of nitrogens with one attached hydrogen (secondary N) is 2. The highest BCUT2D eigenvalue weighted by atomic mass is 32.2. The molecule has 9 heteroatoms. The van der Waals surface area contributed by atoms with E-state index in [1.807, 2.05) is 35.7 Å². The van der Waals surface area contributed by atoms with Crippen LogP contribution in [0.25, 0.3) is 21.3 Å². The van der Waals surface area contributed by atoms with Gasteiger partial charge in [0.05, 0.1) is 10.6 Å². The van der Waals surface area contributed by atoms with E-state index in [9.17, 15) is 14.4 Å². The smallest absolute Gasteiger partial charge is 0.321 e. The molecule has 1 atom stereocenters.